The summed E-state index contributed by atoms with van der Waals surface area (Å²) in [6.07, 6.45) is 1.37. The monoisotopic (exact) mass is 431 g/mol. The molecule has 0 bridgehead atoms. The molecule has 0 aliphatic heterocycles. The molecule has 5 heteroatoms. The maximum Gasteiger partial charge on any atom is 0.216 e. The normalized spacial score (nSPS) is 12.3. The molecule has 31 heavy (non-hydrogen) atoms. The summed E-state index contributed by atoms with van der Waals surface area (Å²) in [5.74, 6) is 0.600. The molecule has 158 valence electrons. The molecular formula is C26H25NO3S. The number of allylic oxidation sites excluding steroid dienone is 1. The number of ether oxygens (including phenoxy) is 1. The van der Waals surface area contributed by atoms with E-state index in [0.29, 0.717) is 17.9 Å². The Labute approximate surface area is 184 Å². The average Bonchev–Trinajstić information content (AvgIpc) is 2.76. The van der Waals surface area contributed by atoms with Crippen molar-refractivity contribution in [2.24, 2.45) is 0 Å². The SMILES string of the molecule is CC(C)(C)c1ccc(COc2cccc(C=C(C#N)S(=O)(=O)c3ccccc3)c2)cc1. The lowest BCUT2D eigenvalue weighted by atomic mass is 9.87. The Balaban J connectivity index is 1.77. The molecule has 0 radical (unpaired) electrons. The van der Waals surface area contributed by atoms with Gasteiger partial charge in [0.15, 0.2) is 0 Å². The van der Waals surface area contributed by atoms with Gasteiger partial charge in [0.05, 0.1) is 4.90 Å². The van der Waals surface area contributed by atoms with Gasteiger partial charge in [-0.15, -0.1) is 0 Å². The third-order valence-corrected chi connectivity index (χ3v) is 6.52. The van der Waals surface area contributed by atoms with Crippen LogP contribution in [-0.4, -0.2) is 8.42 Å². The number of sulfone groups is 1. The Kier molecular flexibility index (Phi) is 6.62. The summed E-state index contributed by atoms with van der Waals surface area (Å²) in [6.45, 7) is 6.91. The van der Waals surface area contributed by atoms with Crippen molar-refractivity contribution < 1.29 is 13.2 Å². The average molecular weight is 432 g/mol. The molecule has 0 aromatic heterocycles. The Morgan fingerprint density at radius 2 is 1.65 bits per heavy atom. The Morgan fingerprint density at radius 3 is 2.26 bits per heavy atom. The van der Waals surface area contributed by atoms with Gasteiger partial charge in [-0.25, -0.2) is 8.42 Å². The van der Waals surface area contributed by atoms with Gasteiger partial charge >= 0.3 is 0 Å². The molecule has 0 heterocycles. The summed E-state index contributed by atoms with van der Waals surface area (Å²) in [7, 11) is -3.87. The van der Waals surface area contributed by atoms with Gasteiger partial charge in [-0.05, 0) is 52.4 Å². The third kappa shape index (κ3) is 5.62. The number of nitriles is 1. The molecule has 0 atom stereocenters. The van der Waals surface area contributed by atoms with Crippen LogP contribution in [0.1, 0.15) is 37.5 Å². The molecule has 0 unspecified atom stereocenters. The first-order valence-corrected chi connectivity index (χ1v) is 11.4. The fourth-order valence-electron chi connectivity index (χ4n) is 3.01. The van der Waals surface area contributed by atoms with Crippen LogP contribution in [0, 0.1) is 11.3 Å². The highest BCUT2D eigenvalue weighted by molar-refractivity contribution is 7.95. The van der Waals surface area contributed by atoms with Gasteiger partial charge in [0.1, 0.15) is 23.3 Å². The molecule has 0 aliphatic carbocycles. The van der Waals surface area contributed by atoms with Crippen molar-refractivity contribution in [1.82, 2.24) is 0 Å². The van der Waals surface area contributed by atoms with E-state index in [-0.39, 0.29) is 15.2 Å². The van der Waals surface area contributed by atoms with Crippen LogP contribution in [0.4, 0.5) is 0 Å². The number of nitrogens with zero attached hydrogens (tertiary/aromatic N) is 1. The summed E-state index contributed by atoms with van der Waals surface area (Å²) >= 11 is 0. The Bertz CT molecular complexity index is 1210. The highest BCUT2D eigenvalue weighted by atomic mass is 32.2. The molecule has 3 aromatic carbocycles. The van der Waals surface area contributed by atoms with Gasteiger partial charge < -0.3 is 4.74 Å². The molecule has 0 amide bonds. The molecule has 0 saturated carbocycles. The Hall–Kier alpha value is -3.36. The van der Waals surface area contributed by atoms with E-state index >= 15 is 0 Å². The second-order valence-corrected chi connectivity index (χ2v) is 10.2. The van der Waals surface area contributed by atoms with E-state index in [4.69, 9.17) is 4.74 Å². The Morgan fingerprint density at radius 1 is 0.968 bits per heavy atom. The van der Waals surface area contributed by atoms with Crippen molar-refractivity contribution in [1.29, 1.82) is 5.26 Å². The lowest BCUT2D eigenvalue weighted by Crippen LogP contribution is -2.10. The molecule has 3 aromatic rings. The van der Waals surface area contributed by atoms with Crippen molar-refractivity contribution in [3.05, 3.63) is 100 Å². The molecule has 0 spiro atoms. The van der Waals surface area contributed by atoms with Gasteiger partial charge in [0.2, 0.25) is 9.84 Å². The lowest BCUT2D eigenvalue weighted by Gasteiger charge is -2.19. The van der Waals surface area contributed by atoms with Gasteiger partial charge in [0.25, 0.3) is 0 Å². The van der Waals surface area contributed by atoms with Crippen molar-refractivity contribution in [2.75, 3.05) is 0 Å². The quantitative estimate of drug-likeness (QED) is 0.456. The second kappa shape index (κ2) is 9.20. The minimum absolute atomic E-state index is 0.0916. The number of benzene rings is 3. The van der Waals surface area contributed by atoms with Crippen LogP contribution < -0.4 is 4.74 Å². The van der Waals surface area contributed by atoms with Crippen LogP contribution in [0.25, 0.3) is 6.08 Å². The molecule has 3 rings (SSSR count). The van der Waals surface area contributed by atoms with Crippen LogP contribution in [0.2, 0.25) is 0 Å². The molecule has 0 N–H and O–H groups in total. The van der Waals surface area contributed by atoms with E-state index < -0.39 is 9.84 Å². The zero-order valence-electron chi connectivity index (χ0n) is 17.9. The fourth-order valence-corrected chi connectivity index (χ4v) is 4.19. The van der Waals surface area contributed by atoms with Crippen molar-refractivity contribution in [2.45, 2.75) is 37.7 Å². The molecule has 0 fully saturated rings. The minimum Gasteiger partial charge on any atom is -0.489 e. The van der Waals surface area contributed by atoms with Crippen molar-refractivity contribution in [3.63, 3.8) is 0 Å². The molecule has 0 aliphatic rings. The van der Waals surface area contributed by atoms with E-state index in [1.165, 1.54) is 23.8 Å². The molecule has 4 nitrogen and oxygen atoms in total. The van der Waals surface area contributed by atoms with E-state index in [0.717, 1.165) is 5.56 Å². The van der Waals surface area contributed by atoms with Crippen LogP contribution in [0.5, 0.6) is 5.75 Å². The first-order valence-electron chi connectivity index (χ1n) is 9.94. The maximum absolute atomic E-state index is 12.7. The molecule has 0 saturated heterocycles. The molecular weight excluding hydrogens is 406 g/mol. The zero-order valence-corrected chi connectivity index (χ0v) is 18.7. The maximum atomic E-state index is 12.7. The van der Waals surface area contributed by atoms with Gasteiger partial charge in [-0.2, -0.15) is 5.26 Å². The van der Waals surface area contributed by atoms with E-state index in [1.807, 2.05) is 18.2 Å². The summed E-state index contributed by atoms with van der Waals surface area (Å²) in [5, 5.41) is 9.46. The standard InChI is InChI=1S/C26H25NO3S/c1-26(2,3)22-14-12-20(13-15-22)19-30-23-9-7-8-21(16-23)17-25(18-27)31(28,29)24-10-5-4-6-11-24/h4-17H,19H2,1-3H3. The van der Waals surface area contributed by atoms with Gasteiger partial charge in [-0.3, -0.25) is 0 Å². The first kappa shape index (κ1) is 22.3. The zero-order chi connectivity index (χ0) is 22.5. The lowest BCUT2D eigenvalue weighted by molar-refractivity contribution is 0.306. The van der Waals surface area contributed by atoms with Crippen LogP contribution in [0.15, 0.2) is 88.7 Å². The fraction of sp³-hybridized carbons (Fsp3) is 0.192. The summed E-state index contributed by atoms with van der Waals surface area (Å²) in [5.41, 5.74) is 2.97. The van der Waals surface area contributed by atoms with Crippen molar-refractivity contribution >= 4 is 15.9 Å². The van der Waals surface area contributed by atoms with E-state index in [2.05, 4.69) is 32.9 Å². The predicted molar refractivity (Wildman–Crippen MR) is 123 cm³/mol. The summed E-state index contributed by atoms with van der Waals surface area (Å²) < 4.78 is 31.4. The van der Waals surface area contributed by atoms with Crippen molar-refractivity contribution in [3.8, 4) is 11.8 Å². The van der Waals surface area contributed by atoms with E-state index in [1.54, 1.807) is 42.5 Å². The van der Waals surface area contributed by atoms with Crippen LogP contribution in [-0.2, 0) is 21.9 Å². The topological polar surface area (TPSA) is 67.2 Å². The highest BCUT2D eigenvalue weighted by Crippen LogP contribution is 2.24. The number of hydrogen-bond acceptors (Lipinski definition) is 4. The second-order valence-electron chi connectivity index (χ2n) is 8.24. The predicted octanol–water partition coefficient (Wildman–Crippen LogP) is 5.90. The smallest absolute Gasteiger partial charge is 0.216 e. The summed E-state index contributed by atoms with van der Waals surface area (Å²) in [6, 6.07) is 25.1. The first-order chi connectivity index (χ1) is 14.7. The summed E-state index contributed by atoms with van der Waals surface area (Å²) in [4.78, 5) is -0.220. The number of rotatable bonds is 6. The number of hydrogen-bond donors (Lipinski definition) is 0. The van der Waals surface area contributed by atoms with E-state index in [9.17, 15) is 13.7 Å². The third-order valence-electron chi connectivity index (χ3n) is 4.83. The van der Waals surface area contributed by atoms with Crippen LogP contribution >= 0.6 is 0 Å². The van der Waals surface area contributed by atoms with Crippen LogP contribution in [0.3, 0.4) is 0 Å². The van der Waals surface area contributed by atoms with Gasteiger partial charge in [-0.1, -0.05) is 75.4 Å². The minimum atomic E-state index is -3.87. The highest BCUT2D eigenvalue weighted by Gasteiger charge is 2.20. The van der Waals surface area contributed by atoms with Gasteiger partial charge in [0, 0.05) is 0 Å². The largest absolute Gasteiger partial charge is 0.489 e.